The maximum Gasteiger partial charge on any atom is 0.224 e. The molecule has 1 atom stereocenters. The largest absolute Gasteiger partial charge is 0.393 e. The summed E-state index contributed by atoms with van der Waals surface area (Å²) >= 11 is 0. The molecule has 1 aliphatic carbocycles. The van der Waals surface area contributed by atoms with Gasteiger partial charge in [-0.25, -0.2) is 23.1 Å². The normalized spacial score (nSPS) is 26.3. The zero-order chi connectivity index (χ0) is 23.2. The van der Waals surface area contributed by atoms with Crippen molar-refractivity contribution < 1.29 is 24.4 Å². The van der Waals surface area contributed by atoms with Gasteiger partial charge >= 0.3 is 0 Å². The number of rotatable bonds is 5. The summed E-state index contributed by atoms with van der Waals surface area (Å²) in [6, 6.07) is -0.0153. The van der Waals surface area contributed by atoms with Crippen LogP contribution in [0.5, 0.6) is 0 Å². The summed E-state index contributed by atoms with van der Waals surface area (Å²) in [5.74, 6) is -2.84. The minimum absolute atomic E-state index is 0.123. The van der Waals surface area contributed by atoms with Crippen LogP contribution < -0.4 is 10.6 Å². The van der Waals surface area contributed by atoms with E-state index in [0.717, 1.165) is 0 Å². The number of aliphatic hydroxyl groups excluding tert-OH is 1. The zero-order valence-corrected chi connectivity index (χ0v) is 17.1. The molecule has 5 rings (SSSR count). The first-order valence-corrected chi connectivity index (χ1v) is 10.5. The molecule has 1 saturated carbocycles. The van der Waals surface area contributed by atoms with Crippen LogP contribution in [0.1, 0.15) is 39.5 Å². The van der Waals surface area contributed by atoms with Crippen LogP contribution in [-0.2, 0) is 4.74 Å². The van der Waals surface area contributed by atoms with Gasteiger partial charge in [0.2, 0.25) is 11.9 Å². The molecule has 0 unspecified atom stereocenters. The molecule has 3 heterocycles. The highest BCUT2D eigenvalue weighted by atomic mass is 19.1. The van der Waals surface area contributed by atoms with Crippen LogP contribution in [0.15, 0.2) is 18.3 Å². The number of anilines is 3. The molecule has 2 aliphatic rings. The first-order chi connectivity index (χ1) is 15.8. The number of hydrogen-bond acceptors (Lipinski definition) is 7. The Labute approximate surface area is 183 Å². The van der Waals surface area contributed by atoms with Gasteiger partial charge in [0, 0.05) is 24.8 Å². The number of halogens is 3. The fraction of sp³-hybridized carbons (Fsp3) is 0.476. The summed E-state index contributed by atoms with van der Waals surface area (Å²) in [6.45, 7) is 0.874. The van der Waals surface area contributed by atoms with Gasteiger partial charge < -0.3 is 20.5 Å². The molecule has 2 fully saturated rings. The molecule has 1 aromatic carbocycles. The fourth-order valence-electron chi connectivity index (χ4n) is 4.12. The molecule has 1 aliphatic heterocycles. The first-order valence-electron chi connectivity index (χ1n) is 11.0. The van der Waals surface area contributed by atoms with Gasteiger partial charge in [-0.1, -0.05) is 0 Å². The average Bonchev–Trinajstić information content (AvgIpc) is 3.40. The highest BCUT2D eigenvalue weighted by Crippen LogP contribution is 2.32. The van der Waals surface area contributed by atoms with Crippen LogP contribution in [0.2, 0.25) is 0 Å². The van der Waals surface area contributed by atoms with E-state index < -0.39 is 35.3 Å². The smallest absolute Gasteiger partial charge is 0.224 e. The molecule has 0 radical (unpaired) electrons. The van der Waals surface area contributed by atoms with Gasteiger partial charge in [-0.3, -0.25) is 4.57 Å². The lowest BCUT2D eigenvalue weighted by Gasteiger charge is -2.26. The van der Waals surface area contributed by atoms with Crippen LogP contribution in [0.25, 0.3) is 11.2 Å². The minimum Gasteiger partial charge on any atom is -0.393 e. The second-order valence-corrected chi connectivity index (χ2v) is 8.05. The Hall–Kier alpha value is -2.92. The van der Waals surface area contributed by atoms with Gasteiger partial charge in [0.15, 0.2) is 17.3 Å². The maximum atomic E-state index is 14.3. The summed E-state index contributed by atoms with van der Waals surface area (Å²) < 4.78 is 57.7. The van der Waals surface area contributed by atoms with Gasteiger partial charge in [-0.2, -0.15) is 4.98 Å². The molecule has 0 bridgehead atoms. The molecule has 3 N–H and O–H groups in total. The van der Waals surface area contributed by atoms with Gasteiger partial charge in [0.05, 0.1) is 26.3 Å². The number of hydrogen-bond donors (Lipinski definition) is 3. The third-order valence-corrected chi connectivity index (χ3v) is 5.79. The van der Waals surface area contributed by atoms with Crippen LogP contribution in [0.3, 0.4) is 0 Å². The molecule has 2 aromatic heterocycles. The number of fused-ring (bicyclic) bond motifs is 1. The van der Waals surface area contributed by atoms with E-state index in [1.54, 1.807) is 4.57 Å². The van der Waals surface area contributed by atoms with E-state index in [0.29, 0.717) is 68.6 Å². The van der Waals surface area contributed by atoms with Crippen molar-refractivity contribution in [2.75, 3.05) is 23.8 Å². The number of nitrogens with zero attached hydrogens (tertiary/aromatic N) is 4. The number of ether oxygens (including phenoxy) is 1. The van der Waals surface area contributed by atoms with E-state index in [1.807, 2.05) is 0 Å². The monoisotopic (exact) mass is 449 g/mol. The molecule has 0 amide bonds. The molecular formula is C21H23F3N6O2. The summed E-state index contributed by atoms with van der Waals surface area (Å²) in [6.07, 6.45) is 3.63. The Kier molecular flexibility index (Phi) is 5.27. The highest BCUT2D eigenvalue weighted by Gasteiger charge is 2.27. The second kappa shape index (κ2) is 8.55. The van der Waals surface area contributed by atoms with E-state index >= 15 is 0 Å². The fourth-order valence-corrected chi connectivity index (χ4v) is 4.12. The average molecular weight is 449 g/mol. The molecule has 32 heavy (non-hydrogen) atoms. The summed E-state index contributed by atoms with van der Waals surface area (Å²) in [4.78, 5) is 13.2. The van der Waals surface area contributed by atoms with Crippen molar-refractivity contribution in [1.82, 2.24) is 19.5 Å². The summed E-state index contributed by atoms with van der Waals surface area (Å²) in [5, 5.41) is 15.4. The highest BCUT2D eigenvalue weighted by molar-refractivity contribution is 5.76. The van der Waals surface area contributed by atoms with Crippen molar-refractivity contribution in [2.24, 2.45) is 0 Å². The van der Waals surface area contributed by atoms with Crippen molar-refractivity contribution >= 4 is 28.7 Å². The van der Waals surface area contributed by atoms with Crippen LogP contribution >= 0.6 is 0 Å². The van der Waals surface area contributed by atoms with Crippen LogP contribution in [-0.4, -0.2) is 50.0 Å². The van der Waals surface area contributed by atoms with E-state index in [1.165, 1.54) is 6.20 Å². The predicted octanol–water partition coefficient (Wildman–Crippen LogP) is 3.66. The molecule has 1 saturated heterocycles. The maximum absolute atomic E-state index is 14.3. The number of nitrogens with one attached hydrogen (secondary N) is 2. The van der Waals surface area contributed by atoms with E-state index in [9.17, 15) is 18.3 Å². The van der Waals surface area contributed by atoms with Crippen molar-refractivity contribution in [3.05, 3.63) is 35.8 Å². The molecule has 3 aromatic rings. The van der Waals surface area contributed by atoms with Crippen LogP contribution in [0, 0.1) is 17.5 Å². The Bertz CT molecular complexity index is 1160. The molecule has 11 heteroatoms. The lowest BCUT2D eigenvalue weighted by atomic mass is 9.93. The Morgan fingerprint density at radius 3 is 2.53 bits per heavy atom. The lowest BCUT2D eigenvalue weighted by molar-refractivity contribution is 0.126. The number of aliphatic hydroxyl groups is 1. The van der Waals surface area contributed by atoms with Gasteiger partial charge in [-0.15, -0.1) is 0 Å². The van der Waals surface area contributed by atoms with Crippen molar-refractivity contribution in [2.45, 2.75) is 50.3 Å². The van der Waals surface area contributed by atoms with Gasteiger partial charge in [-0.05, 0) is 32.1 Å². The first kappa shape index (κ1) is 19.7. The standard InChI is InChI=1S/C21H23F3N6O2/c22-11-7-15(23)18(16(24)8-11)28-21-27-17-9-25-20(26-12-1-3-14(31)4-2-12)29-19(17)30(21)13-5-6-32-10-13/h7-9,12-14,31H,1-6,10H2,(H,27,28)(H,25,26,29)/t12-,13-,14-/m0/s1/i12D. The molecule has 170 valence electrons. The Morgan fingerprint density at radius 1 is 1.09 bits per heavy atom. The second-order valence-electron chi connectivity index (χ2n) is 8.05. The van der Waals surface area contributed by atoms with Crippen molar-refractivity contribution in [3.8, 4) is 0 Å². The Morgan fingerprint density at radius 2 is 1.84 bits per heavy atom. The topological polar surface area (TPSA) is 97.1 Å². The van der Waals surface area contributed by atoms with E-state index in [4.69, 9.17) is 6.11 Å². The lowest BCUT2D eigenvalue weighted by Crippen LogP contribution is -2.29. The van der Waals surface area contributed by atoms with Gasteiger partial charge in [0.25, 0.3) is 0 Å². The van der Waals surface area contributed by atoms with E-state index in [-0.39, 0.29) is 17.9 Å². The summed E-state index contributed by atoms with van der Waals surface area (Å²) in [7, 11) is 0. The number of imidazole rings is 1. The number of benzene rings is 1. The van der Waals surface area contributed by atoms with Gasteiger partial charge in [0.1, 0.15) is 17.0 Å². The summed E-state index contributed by atoms with van der Waals surface area (Å²) in [5.41, 5.74) is 0.271. The number of aromatic nitrogens is 4. The Balaban J connectivity index is 1.53. The SMILES string of the molecule is [2H][C@]1(Nc2ncc3nc(Nc4c(F)cc(F)cc4F)n([C@H]4CCOC4)c3n2)CC[C@H](O)CC1. The molecule has 0 spiro atoms. The van der Waals surface area contributed by atoms with Crippen molar-refractivity contribution in [3.63, 3.8) is 0 Å². The van der Waals surface area contributed by atoms with Crippen LogP contribution in [0.4, 0.5) is 30.8 Å². The third kappa shape index (κ3) is 4.09. The zero-order valence-electron chi connectivity index (χ0n) is 18.1. The van der Waals surface area contributed by atoms with E-state index in [2.05, 4.69) is 25.6 Å². The predicted molar refractivity (Wildman–Crippen MR) is 111 cm³/mol. The quantitative estimate of drug-likeness (QED) is 0.547. The van der Waals surface area contributed by atoms with Crippen molar-refractivity contribution in [1.29, 1.82) is 0 Å². The molecule has 8 nitrogen and oxygen atoms in total. The molecular weight excluding hydrogens is 425 g/mol. The minimum atomic E-state index is -1.09. The third-order valence-electron chi connectivity index (χ3n) is 5.79.